The lowest BCUT2D eigenvalue weighted by molar-refractivity contribution is 0.458. The van der Waals surface area contributed by atoms with E-state index in [1.54, 1.807) is 0 Å². The Morgan fingerprint density at radius 1 is 0.875 bits per heavy atom. The van der Waals surface area contributed by atoms with Crippen LogP contribution in [0.5, 0.6) is 0 Å². The predicted molar refractivity (Wildman–Crippen MR) is 108 cm³/mol. The van der Waals surface area contributed by atoms with E-state index in [1.807, 2.05) is 24.3 Å². The van der Waals surface area contributed by atoms with E-state index in [2.05, 4.69) is 88.5 Å². The van der Waals surface area contributed by atoms with E-state index in [1.165, 1.54) is 5.56 Å². The van der Waals surface area contributed by atoms with Crippen molar-refractivity contribution in [1.29, 1.82) is 0 Å². The molecule has 0 saturated heterocycles. The van der Waals surface area contributed by atoms with Crippen LogP contribution in [0.4, 0.5) is 0 Å². The van der Waals surface area contributed by atoms with Crippen LogP contribution in [-0.4, -0.2) is 8.32 Å². The minimum Gasteiger partial charge on any atom is -0.543 e. The van der Waals surface area contributed by atoms with Gasteiger partial charge in [-0.05, 0) is 29.8 Å². The maximum Gasteiger partial charge on any atom is 0.250 e. The number of allylic oxidation sites excluding steroid dienone is 2. The van der Waals surface area contributed by atoms with Crippen LogP contribution in [0, 0.1) is 0 Å². The van der Waals surface area contributed by atoms with Gasteiger partial charge >= 0.3 is 0 Å². The van der Waals surface area contributed by atoms with Gasteiger partial charge in [0, 0.05) is 5.56 Å². The normalized spacial score (nSPS) is 13.3. The number of hydrogen-bond donors (Lipinski definition) is 0. The molecule has 1 nitrogen and oxygen atoms in total. The maximum absolute atomic E-state index is 6.58. The third-order valence-electron chi connectivity index (χ3n) is 4.57. The molecular weight excluding hydrogens is 308 g/mol. The summed E-state index contributed by atoms with van der Waals surface area (Å²) in [7, 11) is -1.88. The molecule has 0 amide bonds. The molecule has 2 aromatic carbocycles. The summed E-state index contributed by atoms with van der Waals surface area (Å²) < 4.78 is 6.58. The highest BCUT2D eigenvalue weighted by Crippen LogP contribution is 2.39. The van der Waals surface area contributed by atoms with Gasteiger partial charge in [0.1, 0.15) is 5.76 Å². The molecule has 2 heteroatoms. The smallest absolute Gasteiger partial charge is 0.250 e. The summed E-state index contributed by atoms with van der Waals surface area (Å²) in [6, 6.07) is 20.7. The topological polar surface area (TPSA) is 9.23 Å². The molecule has 0 heterocycles. The second kappa shape index (κ2) is 7.67. The molecule has 0 radical (unpaired) electrons. The van der Waals surface area contributed by atoms with E-state index < -0.39 is 8.32 Å². The Hall–Kier alpha value is -2.06. The number of benzene rings is 2. The van der Waals surface area contributed by atoms with E-state index in [0.29, 0.717) is 0 Å². The molecule has 2 aromatic rings. The fourth-order valence-corrected chi connectivity index (χ4v) is 3.07. The van der Waals surface area contributed by atoms with Gasteiger partial charge in [0.05, 0.1) is 0 Å². The zero-order chi connectivity index (χ0) is 17.6. The molecule has 2 rings (SSSR count). The van der Waals surface area contributed by atoms with Crippen molar-refractivity contribution in [1.82, 2.24) is 0 Å². The van der Waals surface area contributed by atoms with Crippen molar-refractivity contribution < 1.29 is 4.43 Å². The summed E-state index contributed by atoms with van der Waals surface area (Å²) in [4.78, 5) is 0. The average molecular weight is 337 g/mol. The molecule has 0 bridgehead atoms. The second-order valence-corrected chi connectivity index (χ2v) is 12.3. The minimum absolute atomic E-state index is 0.171. The van der Waals surface area contributed by atoms with Crippen molar-refractivity contribution in [3.8, 4) is 0 Å². The zero-order valence-corrected chi connectivity index (χ0v) is 16.4. The highest BCUT2D eigenvalue weighted by Gasteiger charge is 2.39. The van der Waals surface area contributed by atoms with Crippen LogP contribution in [0.1, 0.15) is 31.9 Å². The summed E-state index contributed by atoms with van der Waals surface area (Å²) in [5.41, 5.74) is 2.31. The first kappa shape index (κ1) is 18.3. The van der Waals surface area contributed by atoms with Crippen LogP contribution in [0.3, 0.4) is 0 Å². The lowest BCUT2D eigenvalue weighted by Gasteiger charge is -2.37. The summed E-state index contributed by atoms with van der Waals surface area (Å²) >= 11 is 0. The molecule has 0 N–H and O–H groups in total. The van der Waals surface area contributed by atoms with Gasteiger partial charge < -0.3 is 4.43 Å². The molecule has 0 aliphatic rings. The van der Waals surface area contributed by atoms with Gasteiger partial charge in [0.25, 0.3) is 8.32 Å². The largest absolute Gasteiger partial charge is 0.543 e. The minimum atomic E-state index is -1.88. The third-order valence-corrected chi connectivity index (χ3v) is 8.91. The zero-order valence-electron chi connectivity index (χ0n) is 15.4. The Balaban J connectivity index is 2.30. The maximum atomic E-state index is 6.58. The molecular formula is C22H28OSi. The summed E-state index contributed by atoms with van der Waals surface area (Å²) in [6.07, 6.45) is 6.27. The fourth-order valence-electron chi connectivity index (χ4n) is 2.03. The fraction of sp³-hybridized carbons (Fsp3) is 0.273. The van der Waals surface area contributed by atoms with Crippen molar-refractivity contribution >= 4 is 20.2 Å². The first-order valence-electron chi connectivity index (χ1n) is 8.47. The van der Waals surface area contributed by atoms with Crippen molar-refractivity contribution in [2.45, 2.75) is 38.9 Å². The predicted octanol–water partition coefficient (Wildman–Crippen LogP) is 6.76. The Labute approximate surface area is 147 Å². The monoisotopic (exact) mass is 336 g/mol. The van der Waals surface area contributed by atoms with E-state index in [0.717, 1.165) is 11.3 Å². The van der Waals surface area contributed by atoms with Crippen LogP contribution < -0.4 is 0 Å². The lowest BCUT2D eigenvalue weighted by atomic mass is 10.1. The van der Waals surface area contributed by atoms with Crippen molar-refractivity contribution in [2.24, 2.45) is 0 Å². The average Bonchev–Trinajstić information content (AvgIpc) is 2.54. The lowest BCUT2D eigenvalue weighted by Crippen LogP contribution is -2.40. The van der Waals surface area contributed by atoms with Gasteiger partial charge in [0.15, 0.2) is 0 Å². The quantitative estimate of drug-likeness (QED) is 0.333. The van der Waals surface area contributed by atoms with Crippen LogP contribution in [0.15, 0.2) is 72.8 Å². The SMILES string of the molecule is CC(C)(C)[Si](C)(C)O/C(=C\C=C\c1ccccc1)c1ccccc1. The van der Waals surface area contributed by atoms with Crippen LogP contribution >= 0.6 is 0 Å². The van der Waals surface area contributed by atoms with E-state index in [4.69, 9.17) is 4.43 Å². The van der Waals surface area contributed by atoms with Crippen LogP contribution in [-0.2, 0) is 4.43 Å². The third kappa shape index (κ3) is 4.97. The molecule has 24 heavy (non-hydrogen) atoms. The Morgan fingerprint density at radius 3 is 1.96 bits per heavy atom. The molecule has 126 valence electrons. The van der Waals surface area contributed by atoms with Gasteiger partial charge in [-0.25, -0.2) is 0 Å². The van der Waals surface area contributed by atoms with E-state index >= 15 is 0 Å². The molecule has 0 aliphatic heterocycles. The number of rotatable bonds is 5. The van der Waals surface area contributed by atoms with Crippen molar-refractivity contribution in [2.75, 3.05) is 0 Å². The van der Waals surface area contributed by atoms with Gasteiger partial charge in [0.2, 0.25) is 0 Å². The first-order valence-corrected chi connectivity index (χ1v) is 11.4. The van der Waals surface area contributed by atoms with E-state index in [9.17, 15) is 0 Å². The molecule has 0 aliphatic carbocycles. The molecule has 0 saturated carbocycles. The second-order valence-electron chi connectivity index (χ2n) is 7.53. The Morgan fingerprint density at radius 2 is 1.42 bits per heavy atom. The Bertz CT molecular complexity index is 692. The molecule has 0 unspecified atom stereocenters. The van der Waals surface area contributed by atoms with Gasteiger partial charge in [-0.1, -0.05) is 93.6 Å². The van der Waals surface area contributed by atoms with Crippen molar-refractivity contribution in [3.05, 3.63) is 83.9 Å². The first-order chi connectivity index (χ1) is 11.3. The van der Waals surface area contributed by atoms with Crippen LogP contribution in [0.25, 0.3) is 11.8 Å². The van der Waals surface area contributed by atoms with Crippen molar-refractivity contribution in [3.63, 3.8) is 0 Å². The number of hydrogen-bond acceptors (Lipinski definition) is 1. The summed E-state index contributed by atoms with van der Waals surface area (Å²) in [6.45, 7) is 11.4. The molecule has 0 spiro atoms. The molecule has 0 fully saturated rings. The molecule has 0 aromatic heterocycles. The van der Waals surface area contributed by atoms with Crippen LogP contribution in [0.2, 0.25) is 18.1 Å². The van der Waals surface area contributed by atoms with Gasteiger partial charge in [-0.2, -0.15) is 0 Å². The standard InChI is InChI=1S/C22H28OSi/c1-22(2,3)24(4,5)23-21(20-16-10-7-11-17-20)18-12-15-19-13-8-6-9-14-19/h6-18H,1-5H3/b15-12+,21-18-. The van der Waals surface area contributed by atoms with Gasteiger partial charge in [-0.3, -0.25) is 0 Å². The molecule has 0 atom stereocenters. The highest BCUT2D eigenvalue weighted by molar-refractivity contribution is 6.74. The van der Waals surface area contributed by atoms with E-state index in [-0.39, 0.29) is 5.04 Å². The summed E-state index contributed by atoms with van der Waals surface area (Å²) in [5.74, 6) is 0.953. The highest BCUT2D eigenvalue weighted by atomic mass is 28.4. The Kier molecular flexibility index (Phi) is 5.84. The van der Waals surface area contributed by atoms with Gasteiger partial charge in [-0.15, -0.1) is 0 Å². The summed E-state index contributed by atoms with van der Waals surface area (Å²) in [5, 5.41) is 0.171.